The third-order valence-electron chi connectivity index (χ3n) is 6.91. The van der Waals surface area contributed by atoms with Gasteiger partial charge in [0.2, 0.25) is 5.91 Å². The first kappa shape index (κ1) is 24.5. The largest absolute Gasteiger partial charge is 0.376 e. The van der Waals surface area contributed by atoms with Crippen LogP contribution in [0.15, 0.2) is 41.4 Å². The first-order valence-corrected chi connectivity index (χ1v) is 13.9. The highest BCUT2D eigenvalue weighted by molar-refractivity contribution is 7.90. The van der Waals surface area contributed by atoms with Crippen molar-refractivity contribution in [2.24, 2.45) is 0 Å². The Morgan fingerprint density at radius 3 is 2.78 bits per heavy atom. The van der Waals surface area contributed by atoms with Crippen molar-refractivity contribution in [1.82, 2.24) is 14.5 Å². The SMILES string of the molecule is Cc1cc(-c2ccc3c(c2)COCC3)cc(C(C)C)c1CC(=O)NS(=O)(=O)c1cc2n(n1)CCCN2. The number of anilines is 1. The number of hydrogen-bond acceptors (Lipinski definition) is 6. The molecular formula is C27H32N4O4S. The predicted octanol–water partition coefficient (Wildman–Crippen LogP) is 3.92. The quantitative estimate of drug-likeness (QED) is 0.523. The maximum atomic E-state index is 12.9. The van der Waals surface area contributed by atoms with Crippen LogP contribution in [0.3, 0.4) is 0 Å². The number of carbonyl (C=O) groups excluding carboxylic acids is 1. The Morgan fingerprint density at radius 2 is 2.00 bits per heavy atom. The van der Waals surface area contributed by atoms with Crippen LogP contribution in [0.5, 0.6) is 0 Å². The molecule has 0 saturated carbocycles. The first-order chi connectivity index (χ1) is 17.2. The number of carbonyl (C=O) groups is 1. The van der Waals surface area contributed by atoms with Gasteiger partial charge in [0, 0.05) is 19.2 Å². The minimum Gasteiger partial charge on any atom is -0.376 e. The summed E-state index contributed by atoms with van der Waals surface area (Å²) < 4.78 is 35.2. The van der Waals surface area contributed by atoms with Crippen LogP contribution in [-0.2, 0) is 45.5 Å². The van der Waals surface area contributed by atoms with E-state index in [1.165, 1.54) is 17.2 Å². The molecule has 2 N–H and O–H groups in total. The fourth-order valence-corrected chi connectivity index (χ4v) is 5.95. The van der Waals surface area contributed by atoms with Crippen LogP contribution in [0, 0.1) is 6.92 Å². The molecule has 1 amide bonds. The topological polar surface area (TPSA) is 102 Å². The van der Waals surface area contributed by atoms with E-state index in [1.807, 2.05) is 6.92 Å². The molecule has 8 nitrogen and oxygen atoms in total. The summed E-state index contributed by atoms with van der Waals surface area (Å²) in [6, 6.07) is 12.2. The van der Waals surface area contributed by atoms with E-state index in [9.17, 15) is 13.2 Å². The predicted molar refractivity (Wildman–Crippen MR) is 138 cm³/mol. The zero-order valence-corrected chi connectivity index (χ0v) is 21.7. The van der Waals surface area contributed by atoms with Crippen LogP contribution < -0.4 is 10.0 Å². The minimum atomic E-state index is -4.06. The molecule has 0 atom stereocenters. The molecule has 0 fully saturated rings. The Morgan fingerprint density at radius 1 is 1.17 bits per heavy atom. The van der Waals surface area contributed by atoms with Gasteiger partial charge in [0.25, 0.3) is 10.0 Å². The van der Waals surface area contributed by atoms with Gasteiger partial charge < -0.3 is 10.1 Å². The molecule has 3 heterocycles. The van der Waals surface area contributed by atoms with Crippen LogP contribution in [0.4, 0.5) is 5.82 Å². The van der Waals surface area contributed by atoms with Crippen LogP contribution in [-0.4, -0.2) is 37.3 Å². The maximum absolute atomic E-state index is 12.9. The van der Waals surface area contributed by atoms with E-state index < -0.39 is 15.9 Å². The molecular weight excluding hydrogens is 476 g/mol. The average Bonchev–Trinajstić information content (AvgIpc) is 3.30. The summed E-state index contributed by atoms with van der Waals surface area (Å²) in [7, 11) is -4.06. The molecule has 0 aliphatic carbocycles. The fraction of sp³-hybridized carbons (Fsp3) is 0.407. The van der Waals surface area contributed by atoms with E-state index in [2.05, 4.69) is 59.3 Å². The van der Waals surface area contributed by atoms with E-state index >= 15 is 0 Å². The van der Waals surface area contributed by atoms with Crippen LogP contribution >= 0.6 is 0 Å². The van der Waals surface area contributed by atoms with Crippen molar-refractivity contribution in [2.75, 3.05) is 18.5 Å². The van der Waals surface area contributed by atoms with Gasteiger partial charge in [-0.05, 0) is 70.7 Å². The first-order valence-electron chi connectivity index (χ1n) is 12.4. The second-order valence-corrected chi connectivity index (χ2v) is 11.5. The Kier molecular flexibility index (Phi) is 6.61. The van der Waals surface area contributed by atoms with Gasteiger partial charge >= 0.3 is 0 Å². The normalized spacial score (nSPS) is 15.2. The molecule has 2 aliphatic heterocycles. The Labute approximate surface area is 212 Å². The number of nitrogens with zero attached hydrogens (tertiary/aromatic N) is 2. The van der Waals surface area contributed by atoms with Gasteiger partial charge in [-0.2, -0.15) is 13.5 Å². The molecule has 190 valence electrons. The Hall–Kier alpha value is -3.17. The Bertz CT molecular complexity index is 1400. The summed E-state index contributed by atoms with van der Waals surface area (Å²) in [5.74, 6) is 0.240. The molecule has 3 aromatic rings. The van der Waals surface area contributed by atoms with E-state index in [4.69, 9.17) is 4.74 Å². The third kappa shape index (κ3) is 4.90. The number of aromatic nitrogens is 2. The summed E-state index contributed by atoms with van der Waals surface area (Å²) in [4.78, 5) is 12.9. The summed E-state index contributed by atoms with van der Waals surface area (Å²) in [6.07, 6.45) is 1.77. The lowest BCUT2D eigenvalue weighted by Crippen LogP contribution is -2.32. The van der Waals surface area contributed by atoms with Gasteiger partial charge in [0.15, 0.2) is 5.03 Å². The lowest BCUT2D eigenvalue weighted by Gasteiger charge is -2.20. The summed E-state index contributed by atoms with van der Waals surface area (Å²) in [6.45, 7) is 8.94. The number of fused-ring (bicyclic) bond motifs is 2. The molecule has 0 bridgehead atoms. The summed E-state index contributed by atoms with van der Waals surface area (Å²) in [5, 5.41) is 7.15. The van der Waals surface area contributed by atoms with Crippen LogP contribution in [0.2, 0.25) is 0 Å². The van der Waals surface area contributed by atoms with Gasteiger partial charge in [-0.3, -0.25) is 4.79 Å². The average molecular weight is 509 g/mol. The lowest BCUT2D eigenvalue weighted by molar-refractivity contribution is -0.118. The number of amides is 1. The fourth-order valence-electron chi connectivity index (χ4n) is 5.00. The number of aryl methyl sites for hydroxylation is 2. The van der Waals surface area contributed by atoms with Crippen molar-refractivity contribution in [3.05, 3.63) is 64.2 Å². The van der Waals surface area contributed by atoms with Gasteiger partial charge in [-0.25, -0.2) is 9.40 Å². The maximum Gasteiger partial charge on any atom is 0.283 e. The number of nitrogens with one attached hydrogen (secondary N) is 2. The molecule has 1 aromatic heterocycles. The molecule has 2 aliphatic rings. The highest BCUT2D eigenvalue weighted by Gasteiger charge is 2.25. The molecule has 0 radical (unpaired) electrons. The van der Waals surface area contributed by atoms with E-state index in [1.54, 1.807) is 4.68 Å². The molecule has 9 heteroatoms. The van der Waals surface area contributed by atoms with Gasteiger partial charge in [-0.15, -0.1) is 0 Å². The van der Waals surface area contributed by atoms with E-state index in [0.717, 1.165) is 53.8 Å². The van der Waals surface area contributed by atoms with Crippen molar-refractivity contribution in [2.45, 2.75) is 64.1 Å². The van der Waals surface area contributed by atoms with Gasteiger partial charge in [-0.1, -0.05) is 38.1 Å². The highest BCUT2D eigenvalue weighted by Crippen LogP contribution is 2.32. The number of rotatable bonds is 6. The summed E-state index contributed by atoms with van der Waals surface area (Å²) in [5.41, 5.74) is 7.58. The van der Waals surface area contributed by atoms with Crippen LogP contribution in [0.1, 0.15) is 54.0 Å². The monoisotopic (exact) mass is 508 g/mol. The smallest absolute Gasteiger partial charge is 0.283 e. The van der Waals surface area contributed by atoms with Gasteiger partial charge in [0.1, 0.15) is 5.82 Å². The second-order valence-electron chi connectivity index (χ2n) is 9.88. The van der Waals surface area contributed by atoms with Crippen molar-refractivity contribution >= 4 is 21.7 Å². The van der Waals surface area contributed by atoms with Crippen molar-refractivity contribution in [3.63, 3.8) is 0 Å². The molecule has 5 rings (SSSR count). The van der Waals surface area contributed by atoms with Crippen molar-refractivity contribution in [1.29, 1.82) is 0 Å². The minimum absolute atomic E-state index is 0.0251. The molecule has 0 spiro atoms. The Balaban J connectivity index is 1.39. The molecule has 36 heavy (non-hydrogen) atoms. The molecule has 0 unspecified atom stereocenters. The number of sulfonamides is 1. The standard InChI is InChI=1S/C27H32N4O4S/c1-17(2)23-13-21(20-6-5-19-7-10-35-16-22(19)12-20)11-18(3)24(23)14-26(32)30-36(33,34)27-15-25-28-8-4-9-31(25)29-27/h5-6,11-13,15,17,28H,4,7-10,14,16H2,1-3H3,(H,30,32). The second kappa shape index (κ2) is 9.71. The zero-order chi connectivity index (χ0) is 25.4. The third-order valence-corrected chi connectivity index (χ3v) is 8.16. The zero-order valence-electron chi connectivity index (χ0n) is 20.9. The van der Waals surface area contributed by atoms with Crippen LogP contribution in [0.25, 0.3) is 11.1 Å². The highest BCUT2D eigenvalue weighted by atomic mass is 32.2. The lowest BCUT2D eigenvalue weighted by atomic mass is 9.87. The van der Waals surface area contributed by atoms with E-state index in [-0.39, 0.29) is 17.4 Å². The van der Waals surface area contributed by atoms with Crippen molar-refractivity contribution in [3.8, 4) is 11.1 Å². The number of hydrogen-bond donors (Lipinski definition) is 2. The van der Waals surface area contributed by atoms with Crippen molar-refractivity contribution < 1.29 is 17.9 Å². The van der Waals surface area contributed by atoms with E-state index in [0.29, 0.717) is 19.0 Å². The molecule has 2 aromatic carbocycles. The number of ether oxygens (including phenoxy) is 1. The number of benzene rings is 2. The molecule has 0 saturated heterocycles. The van der Waals surface area contributed by atoms with Gasteiger partial charge in [0.05, 0.1) is 19.6 Å². The summed E-state index contributed by atoms with van der Waals surface area (Å²) >= 11 is 0.